The second kappa shape index (κ2) is 3.42. The predicted octanol–water partition coefficient (Wildman–Crippen LogP) is 3.39. The molecule has 1 saturated carbocycles. The third-order valence-electron chi connectivity index (χ3n) is 2.63. The van der Waals surface area contributed by atoms with E-state index in [0.29, 0.717) is 0 Å². The van der Waals surface area contributed by atoms with Gasteiger partial charge in [0.05, 0.1) is 5.69 Å². The lowest BCUT2D eigenvalue weighted by atomic mass is 10.3. The fourth-order valence-corrected chi connectivity index (χ4v) is 2.62. The van der Waals surface area contributed by atoms with E-state index in [1.807, 2.05) is 25.4 Å². The van der Waals surface area contributed by atoms with E-state index in [1.54, 1.807) is 11.3 Å². The Morgan fingerprint density at radius 3 is 2.73 bits per heavy atom. The van der Waals surface area contributed by atoms with Crippen LogP contribution in [0.15, 0.2) is 24.5 Å². The summed E-state index contributed by atoms with van der Waals surface area (Å²) in [6, 6.07) is 4.13. The summed E-state index contributed by atoms with van der Waals surface area (Å²) in [5, 5.41) is 1.05. The van der Waals surface area contributed by atoms with Crippen molar-refractivity contribution in [1.29, 1.82) is 0 Å². The Hall–Kier alpha value is -1.22. The molecular formula is C12H12N2S. The van der Waals surface area contributed by atoms with Crippen molar-refractivity contribution in [2.24, 2.45) is 0 Å². The molecule has 2 nitrogen and oxygen atoms in total. The van der Waals surface area contributed by atoms with E-state index in [9.17, 15) is 0 Å². The molecule has 0 spiro atoms. The zero-order chi connectivity index (χ0) is 10.3. The lowest BCUT2D eigenvalue weighted by Crippen LogP contribution is -1.81. The van der Waals surface area contributed by atoms with Gasteiger partial charge >= 0.3 is 0 Å². The van der Waals surface area contributed by atoms with Crippen molar-refractivity contribution >= 4 is 11.3 Å². The highest BCUT2D eigenvalue weighted by Crippen LogP contribution is 2.43. The fraction of sp³-hybridized carbons (Fsp3) is 0.333. The van der Waals surface area contributed by atoms with Crippen molar-refractivity contribution < 1.29 is 0 Å². The average Bonchev–Trinajstić information content (AvgIpc) is 2.99. The molecule has 3 rings (SSSR count). The molecule has 0 aliphatic heterocycles. The molecule has 2 aromatic rings. The van der Waals surface area contributed by atoms with Gasteiger partial charge < -0.3 is 0 Å². The minimum absolute atomic E-state index is 0.793. The van der Waals surface area contributed by atoms with Crippen molar-refractivity contribution in [1.82, 2.24) is 9.97 Å². The van der Waals surface area contributed by atoms with Crippen LogP contribution < -0.4 is 0 Å². The molecule has 1 aliphatic carbocycles. The first-order valence-electron chi connectivity index (χ1n) is 5.22. The van der Waals surface area contributed by atoms with E-state index in [0.717, 1.165) is 16.6 Å². The summed E-state index contributed by atoms with van der Waals surface area (Å²) in [4.78, 5) is 10.2. The Labute approximate surface area is 93.0 Å². The van der Waals surface area contributed by atoms with E-state index in [1.165, 1.54) is 23.3 Å². The van der Waals surface area contributed by atoms with Crippen molar-refractivity contribution in [3.8, 4) is 10.7 Å². The van der Waals surface area contributed by atoms with Crippen LogP contribution in [-0.4, -0.2) is 9.97 Å². The van der Waals surface area contributed by atoms with Crippen LogP contribution in [0.2, 0.25) is 0 Å². The summed E-state index contributed by atoms with van der Waals surface area (Å²) in [5.41, 5.74) is 2.19. The first kappa shape index (κ1) is 9.04. The van der Waals surface area contributed by atoms with Gasteiger partial charge in [-0.25, -0.2) is 4.98 Å². The topological polar surface area (TPSA) is 25.8 Å². The zero-order valence-corrected chi connectivity index (χ0v) is 9.42. The van der Waals surface area contributed by atoms with Crippen LogP contribution in [0.25, 0.3) is 10.7 Å². The SMILES string of the molecule is Cc1ccc(-c2ncc(C3CC3)s2)nc1. The highest BCUT2D eigenvalue weighted by molar-refractivity contribution is 7.15. The molecule has 1 aliphatic rings. The van der Waals surface area contributed by atoms with Crippen molar-refractivity contribution in [3.05, 3.63) is 35.0 Å². The number of thiazole rings is 1. The standard InChI is InChI=1S/C12H12N2S/c1-8-2-5-10(13-6-8)12-14-7-11(15-12)9-3-4-9/h2,5-7,9H,3-4H2,1H3. The first-order chi connectivity index (χ1) is 7.33. The molecule has 0 N–H and O–H groups in total. The first-order valence-corrected chi connectivity index (χ1v) is 6.03. The van der Waals surface area contributed by atoms with Gasteiger partial charge in [0.2, 0.25) is 0 Å². The molecule has 0 saturated heterocycles. The molecule has 0 radical (unpaired) electrons. The Morgan fingerprint density at radius 1 is 1.20 bits per heavy atom. The van der Waals surface area contributed by atoms with E-state index >= 15 is 0 Å². The van der Waals surface area contributed by atoms with Gasteiger partial charge in [-0.1, -0.05) is 6.07 Å². The Kier molecular flexibility index (Phi) is 2.06. The Balaban J connectivity index is 1.93. The highest BCUT2D eigenvalue weighted by Gasteiger charge is 2.25. The fourth-order valence-electron chi connectivity index (χ4n) is 1.56. The molecule has 0 unspecified atom stereocenters. The maximum Gasteiger partial charge on any atom is 0.142 e. The molecule has 15 heavy (non-hydrogen) atoms. The number of rotatable bonds is 2. The number of aryl methyl sites for hydroxylation is 1. The van der Waals surface area contributed by atoms with E-state index < -0.39 is 0 Å². The van der Waals surface area contributed by atoms with Crippen LogP contribution in [0, 0.1) is 6.92 Å². The van der Waals surface area contributed by atoms with Gasteiger partial charge in [-0.05, 0) is 37.3 Å². The largest absolute Gasteiger partial charge is 0.253 e. The molecule has 3 heteroatoms. The van der Waals surface area contributed by atoms with E-state index in [2.05, 4.69) is 16.0 Å². The van der Waals surface area contributed by atoms with E-state index in [-0.39, 0.29) is 0 Å². The Bertz CT molecular complexity index is 469. The third kappa shape index (κ3) is 1.79. The second-order valence-corrected chi connectivity index (χ2v) is 5.13. The number of hydrogen-bond donors (Lipinski definition) is 0. The van der Waals surface area contributed by atoms with Crippen molar-refractivity contribution in [2.75, 3.05) is 0 Å². The van der Waals surface area contributed by atoms with Crippen molar-refractivity contribution in [2.45, 2.75) is 25.7 Å². The lowest BCUT2D eigenvalue weighted by Gasteiger charge is -1.95. The summed E-state index contributed by atoms with van der Waals surface area (Å²) in [6.45, 7) is 2.05. The van der Waals surface area contributed by atoms with Gasteiger partial charge in [-0.15, -0.1) is 11.3 Å². The lowest BCUT2D eigenvalue weighted by molar-refractivity contribution is 1.16. The van der Waals surface area contributed by atoms with Gasteiger partial charge in [0.1, 0.15) is 5.01 Å². The second-order valence-electron chi connectivity index (χ2n) is 4.06. The van der Waals surface area contributed by atoms with Gasteiger partial charge in [0.25, 0.3) is 0 Å². The van der Waals surface area contributed by atoms with Crippen LogP contribution >= 0.6 is 11.3 Å². The summed E-state index contributed by atoms with van der Waals surface area (Å²) in [5.74, 6) is 0.793. The minimum Gasteiger partial charge on any atom is -0.253 e. The molecular weight excluding hydrogens is 204 g/mol. The van der Waals surface area contributed by atoms with Gasteiger partial charge in [0.15, 0.2) is 0 Å². The summed E-state index contributed by atoms with van der Waals surface area (Å²) < 4.78 is 0. The monoisotopic (exact) mass is 216 g/mol. The normalized spacial score (nSPS) is 15.5. The highest BCUT2D eigenvalue weighted by atomic mass is 32.1. The molecule has 0 amide bonds. The van der Waals surface area contributed by atoms with Gasteiger partial charge in [-0.3, -0.25) is 4.98 Å². The number of nitrogens with zero attached hydrogens (tertiary/aromatic N) is 2. The third-order valence-corrected chi connectivity index (χ3v) is 3.82. The zero-order valence-electron chi connectivity index (χ0n) is 8.60. The average molecular weight is 216 g/mol. The molecule has 0 bridgehead atoms. The van der Waals surface area contributed by atoms with Crippen LogP contribution in [0.4, 0.5) is 0 Å². The van der Waals surface area contributed by atoms with E-state index in [4.69, 9.17) is 0 Å². The summed E-state index contributed by atoms with van der Waals surface area (Å²) in [6.07, 6.45) is 6.58. The predicted molar refractivity (Wildman–Crippen MR) is 62.1 cm³/mol. The summed E-state index contributed by atoms with van der Waals surface area (Å²) in [7, 11) is 0. The molecule has 2 aromatic heterocycles. The minimum atomic E-state index is 0.793. The summed E-state index contributed by atoms with van der Waals surface area (Å²) >= 11 is 1.79. The molecule has 0 aromatic carbocycles. The van der Waals surface area contributed by atoms with Crippen LogP contribution in [0.1, 0.15) is 29.2 Å². The van der Waals surface area contributed by atoms with Crippen LogP contribution in [0.3, 0.4) is 0 Å². The Morgan fingerprint density at radius 2 is 2.07 bits per heavy atom. The molecule has 1 fully saturated rings. The van der Waals surface area contributed by atoms with Crippen LogP contribution in [-0.2, 0) is 0 Å². The molecule has 2 heterocycles. The molecule has 76 valence electrons. The van der Waals surface area contributed by atoms with Crippen LogP contribution in [0.5, 0.6) is 0 Å². The van der Waals surface area contributed by atoms with Gasteiger partial charge in [-0.2, -0.15) is 0 Å². The molecule has 0 atom stereocenters. The number of aromatic nitrogens is 2. The number of pyridine rings is 1. The quantitative estimate of drug-likeness (QED) is 0.769. The maximum atomic E-state index is 4.43. The van der Waals surface area contributed by atoms with Gasteiger partial charge in [0, 0.05) is 17.3 Å². The van der Waals surface area contributed by atoms with Crippen molar-refractivity contribution in [3.63, 3.8) is 0 Å². The number of hydrogen-bond acceptors (Lipinski definition) is 3. The smallest absolute Gasteiger partial charge is 0.142 e. The maximum absolute atomic E-state index is 4.43.